The Morgan fingerprint density at radius 3 is 2.18 bits per heavy atom. The summed E-state index contributed by atoms with van der Waals surface area (Å²) in [5, 5.41) is 0. The predicted molar refractivity (Wildman–Crippen MR) is 67.0 cm³/mol. The quantitative estimate of drug-likeness (QED) is 0.511. The SMILES string of the molecule is CCOC(C)(C)CCOCC(=O)OC(C)(C)C. The minimum Gasteiger partial charge on any atom is -0.458 e. The first kappa shape index (κ1) is 16.4. The molecule has 0 atom stereocenters. The molecule has 0 saturated heterocycles. The van der Waals surface area contributed by atoms with Crippen LogP contribution in [0.2, 0.25) is 0 Å². The Bertz CT molecular complexity index is 228. The van der Waals surface area contributed by atoms with E-state index in [-0.39, 0.29) is 18.2 Å². The van der Waals surface area contributed by atoms with E-state index in [0.717, 1.165) is 6.42 Å². The van der Waals surface area contributed by atoms with Gasteiger partial charge in [-0.15, -0.1) is 0 Å². The zero-order chi connectivity index (χ0) is 13.5. The molecule has 0 heterocycles. The van der Waals surface area contributed by atoms with Crippen molar-refractivity contribution >= 4 is 5.97 Å². The van der Waals surface area contributed by atoms with Gasteiger partial charge in [-0.3, -0.25) is 0 Å². The van der Waals surface area contributed by atoms with Crippen LogP contribution in [0.15, 0.2) is 0 Å². The molecule has 4 heteroatoms. The van der Waals surface area contributed by atoms with Crippen molar-refractivity contribution in [1.29, 1.82) is 0 Å². The van der Waals surface area contributed by atoms with Crippen molar-refractivity contribution in [3.05, 3.63) is 0 Å². The van der Waals surface area contributed by atoms with Crippen LogP contribution in [0, 0.1) is 0 Å². The first-order valence-electron chi connectivity index (χ1n) is 6.10. The number of esters is 1. The van der Waals surface area contributed by atoms with Gasteiger partial charge in [0.05, 0.1) is 12.2 Å². The number of hydrogen-bond acceptors (Lipinski definition) is 4. The van der Waals surface area contributed by atoms with E-state index in [1.54, 1.807) is 0 Å². The number of carbonyl (C=O) groups excluding carboxylic acids is 1. The molecule has 0 spiro atoms. The summed E-state index contributed by atoms with van der Waals surface area (Å²) < 4.78 is 15.9. The van der Waals surface area contributed by atoms with Crippen molar-refractivity contribution in [2.45, 2.75) is 59.2 Å². The zero-order valence-electron chi connectivity index (χ0n) is 12.0. The Hall–Kier alpha value is -0.610. The van der Waals surface area contributed by atoms with Gasteiger partial charge in [-0.1, -0.05) is 0 Å². The van der Waals surface area contributed by atoms with Crippen molar-refractivity contribution in [3.8, 4) is 0 Å². The molecule has 0 aliphatic rings. The molecule has 0 bridgehead atoms. The van der Waals surface area contributed by atoms with Crippen LogP contribution >= 0.6 is 0 Å². The summed E-state index contributed by atoms with van der Waals surface area (Å²) in [6.45, 7) is 12.7. The van der Waals surface area contributed by atoms with E-state index in [2.05, 4.69) is 0 Å². The van der Waals surface area contributed by atoms with Crippen molar-refractivity contribution in [1.82, 2.24) is 0 Å². The van der Waals surface area contributed by atoms with E-state index in [0.29, 0.717) is 13.2 Å². The van der Waals surface area contributed by atoms with Gasteiger partial charge in [-0.25, -0.2) is 4.79 Å². The van der Waals surface area contributed by atoms with Gasteiger partial charge in [-0.05, 0) is 48.0 Å². The average molecular weight is 246 g/mol. The van der Waals surface area contributed by atoms with E-state index >= 15 is 0 Å². The lowest BCUT2D eigenvalue weighted by molar-refractivity contribution is -0.160. The van der Waals surface area contributed by atoms with Gasteiger partial charge in [0.1, 0.15) is 12.2 Å². The molecule has 0 amide bonds. The summed E-state index contributed by atoms with van der Waals surface area (Å²) in [4.78, 5) is 11.3. The van der Waals surface area contributed by atoms with Crippen LogP contribution in [0.3, 0.4) is 0 Å². The molecule has 102 valence electrons. The molecule has 0 aliphatic carbocycles. The second kappa shape index (κ2) is 6.97. The normalized spacial score (nSPS) is 12.6. The van der Waals surface area contributed by atoms with E-state index in [9.17, 15) is 4.79 Å². The highest BCUT2D eigenvalue weighted by Crippen LogP contribution is 2.14. The number of rotatable bonds is 7. The van der Waals surface area contributed by atoms with E-state index in [1.807, 2.05) is 41.5 Å². The maximum atomic E-state index is 11.3. The molecule has 4 nitrogen and oxygen atoms in total. The third-order valence-corrected chi connectivity index (χ3v) is 2.02. The summed E-state index contributed by atoms with van der Waals surface area (Å²) in [7, 11) is 0. The molecule has 0 aromatic heterocycles. The summed E-state index contributed by atoms with van der Waals surface area (Å²) in [5.74, 6) is -0.327. The third kappa shape index (κ3) is 10.3. The van der Waals surface area contributed by atoms with Gasteiger partial charge < -0.3 is 14.2 Å². The first-order chi connectivity index (χ1) is 7.66. The Morgan fingerprint density at radius 2 is 1.71 bits per heavy atom. The summed E-state index contributed by atoms with van der Waals surface area (Å²) in [6.07, 6.45) is 0.754. The topological polar surface area (TPSA) is 44.8 Å². The van der Waals surface area contributed by atoms with Crippen LogP contribution in [-0.4, -0.2) is 37.0 Å². The number of hydrogen-bond donors (Lipinski definition) is 0. The van der Waals surface area contributed by atoms with E-state index < -0.39 is 5.60 Å². The average Bonchev–Trinajstić information content (AvgIpc) is 2.09. The van der Waals surface area contributed by atoms with E-state index in [1.165, 1.54) is 0 Å². The summed E-state index contributed by atoms with van der Waals surface area (Å²) in [6, 6.07) is 0. The number of carbonyl (C=O) groups is 1. The second-order valence-corrected chi connectivity index (χ2v) is 5.58. The summed E-state index contributed by atoms with van der Waals surface area (Å²) >= 11 is 0. The monoisotopic (exact) mass is 246 g/mol. The molecule has 0 fully saturated rings. The fraction of sp³-hybridized carbons (Fsp3) is 0.923. The van der Waals surface area contributed by atoms with Gasteiger partial charge in [0, 0.05) is 6.61 Å². The Labute approximate surface area is 105 Å². The fourth-order valence-corrected chi connectivity index (χ4v) is 1.31. The Morgan fingerprint density at radius 1 is 1.12 bits per heavy atom. The van der Waals surface area contributed by atoms with Crippen molar-refractivity contribution in [2.24, 2.45) is 0 Å². The van der Waals surface area contributed by atoms with Crippen LogP contribution in [0.25, 0.3) is 0 Å². The highest BCUT2D eigenvalue weighted by molar-refractivity contribution is 5.71. The maximum Gasteiger partial charge on any atom is 0.332 e. The van der Waals surface area contributed by atoms with Crippen LogP contribution < -0.4 is 0 Å². The standard InChI is InChI=1S/C13H26O4/c1-7-16-13(5,6)8-9-15-10-11(14)17-12(2,3)4/h7-10H2,1-6H3. The predicted octanol–water partition coefficient (Wildman–Crippen LogP) is 2.55. The molecule has 0 rings (SSSR count). The fourth-order valence-electron chi connectivity index (χ4n) is 1.31. The summed E-state index contributed by atoms with van der Waals surface area (Å²) in [5.41, 5.74) is -0.659. The van der Waals surface area contributed by atoms with Crippen LogP contribution in [0.1, 0.15) is 48.0 Å². The zero-order valence-corrected chi connectivity index (χ0v) is 12.0. The smallest absolute Gasteiger partial charge is 0.332 e. The van der Waals surface area contributed by atoms with Gasteiger partial charge in [0.2, 0.25) is 0 Å². The highest BCUT2D eigenvalue weighted by Gasteiger charge is 2.19. The molecule has 17 heavy (non-hydrogen) atoms. The molecular formula is C13H26O4. The van der Waals surface area contributed by atoms with Gasteiger partial charge in [0.15, 0.2) is 0 Å². The highest BCUT2D eigenvalue weighted by atomic mass is 16.6. The molecule has 0 unspecified atom stereocenters. The molecule has 0 radical (unpaired) electrons. The Kier molecular flexibility index (Phi) is 6.72. The van der Waals surface area contributed by atoms with Gasteiger partial charge >= 0.3 is 5.97 Å². The molecule has 0 aromatic carbocycles. The van der Waals surface area contributed by atoms with Gasteiger partial charge in [0.25, 0.3) is 0 Å². The second-order valence-electron chi connectivity index (χ2n) is 5.58. The first-order valence-corrected chi connectivity index (χ1v) is 6.10. The molecule has 0 aromatic rings. The van der Waals surface area contributed by atoms with Crippen molar-refractivity contribution < 1.29 is 19.0 Å². The van der Waals surface area contributed by atoms with Crippen LogP contribution in [-0.2, 0) is 19.0 Å². The maximum absolute atomic E-state index is 11.3. The molecule has 0 N–H and O–H groups in total. The minimum absolute atomic E-state index is 0.000521. The molecule has 0 saturated carbocycles. The molecular weight excluding hydrogens is 220 g/mol. The van der Waals surface area contributed by atoms with Crippen LogP contribution in [0.4, 0.5) is 0 Å². The number of ether oxygens (including phenoxy) is 3. The van der Waals surface area contributed by atoms with Crippen molar-refractivity contribution in [3.63, 3.8) is 0 Å². The lowest BCUT2D eigenvalue weighted by Gasteiger charge is -2.24. The lowest BCUT2D eigenvalue weighted by Crippen LogP contribution is -2.29. The molecule has 0 aliphatic heterocycles. The van der Waals surface area contributed by atoms with Crippen molar-refractivity contribution in [2.75, 3.05) is 19.8 Å². The van der Waals surface area contributed by atoms with E-state index in [4.69, 9.17) is 14.2 Å². The third-order valence-electron chi connectivity index (χ3n) is 2.02. The van der Waals surface area contributed by atoms with Crippen LogP contribution in [0.5, 0.6) is 0 Å². The van der Waals surface area contributed by atoms with Gasteiger partial charge in [-0.2, -0.15) is 0 Å². The minimum atomic E-state index is -0.453. The Balaban J connectivity index is 3.68. The largest absolute Gasteiger partial charge is 0.458 e. The lowest BCUT2D eigenvalue weighted by atomic mass is 10.1.